The molecule has 5 nitrogen and oxygen atoms in total. The van der Waals surface area contributed by atoms with Gasteiger partial charge in [-0.2, -0.15) is 0 Å². The van der Waals surface area contributed by atoms with Crippen molar-refractivity contribution < 1.29 is 9.53 Å². The van der Waals surface area contributed by atoms with Gasteiger partial charge in [-0.25, -0.2) is 0 Å². The van der Waals surface area contributed by atoms with Gasteiger partial charge in [0, 0.05) is 31.7 Å². The van der Waals surface area contributed by atoms with Crippen molar-refractivity contribution in [3.8, 4) is 0 Å². The molecule has 2 rings (SSSR count). The molecule has 3 N–H and O–H groups in total. The zero-order chi connectivity index (χ0) is 15.4. The predicted molar refractivity (Wildman–Crippen MR) is 85.6 cm³/mol. The van der Waals surface area contributed by atoms with Gasteiger partial charge in [0.25, 0.3) is 0 Å². The number of carbonyl (C=O) groups excluding carboxylic acids is 1. The second kappa shape index (κ2) is 7.11. The summed E-state index contributed by atoms with van der Waals surface area (Å²) in [4.78, 5) is 14.2. The molecule has 2 atom stereocenters. The van der Waals surface area contributed by atoms with Crippen molar-refractivity contribution in [1.29, 1.82) is 0 Å². The van der Waals surface area contributed by atoms with E-state index in [2.05, 4.69) is 24.1 Å². The number of morpholine rings is 1. The Labute approximate surface area is 130 Å². The molecule has 1 saturated heterocycles. The smallest absolute Gasteiger partial charge is 0.225 e. The number of amides is 1. The Kier molecular flexibility index (Phi) is 5.45. The van der Waals surface area contributed by atoms with Crippen molar-refractivity contribution in [2.45, 2.75) is 32.5 Å². The highest BCUT2D eigenvalue weighted by Crippen LogP contribution is 2.22. The van der Waals surface area contributed by atoms with Crippen LogP contribution in [0.3, 0.4) is 0 Å². The van der Waals surface area contributed by atoms with Crippen molar-refractivity contribution in [3.63, 3.8) is 0 Å². The van der Waals surface area contributed by atoms with E-state index in [0.717, 1.165) is 19.6 Å². The highest BCUT2D eigenvalue weighted by Gasteiger charge is 2.22. The van der Waals surface area contributed by atoms with Crippen molar-refractivity contribution in [2.75, 3.05) is 30.7 Å². The molecule has 1 fully saturated rings. The first-order valence-corrected chi connectivity index (χ1v) is 7.54. The number of nitrogens with zero attached hydrogens (tertiary/aromatic N) is 1. The molecule has 0 radical (unpaired) electrons. The summed E-state index contributed by atoms with van der Waals surface area (Å²) in [5.41, 5.74) is 6.85. The first-order chi connectivity index (χ1) is 9.94. The molecule has 1 aliphatic rings. The van der Waals surface area contributed by atoms with Crippen LogP contribution in [-0.4, -0.2) is 42.6 Å². The van der Waals surface area contributed by atoms with Crippen molar-refractivity contribution >= 4 is 28.9 Å². The van der Waals surface area contributed by atoms with Gasteiger partial charge < -0.3 is 15.8 Å². The summed E-state index contributed by atoms with van der Waals surface area (Å²) in [6.07, 6.45) is 0.878. The minimum absolute atomic E-state index is 0.0245. The number of halogens is 1. The minimum Gasteiger partial charge on any atom is -0.397 e. The Balaban J connectivity index is 1.80. The van der Waals surface area contributed by atoms with Crippen LogP contribution in [0.25, 0.3) is 0 Å². The standard InChI is InChI=1S/C15H22ClN3O2/c1-10-8-19(9-11(2)21-10)6-5-15(20)18-12-3-4-13(16)14(17)7-12/h3-4,7,10-11H,5-6,8-9,17H2,1-2H3,(H,18,20)/t10-,11+. The average molecular weight is 312 g/mol. The van der Waals surface area contributed by atoms with Crippen LogP contribution in [0.1, 0.15) is 20.3 Å². The van der Waals surface area contributed by atoms with E-state index in [9.17, 15) is 4.79 Å². The summed E-state index contributed by atoms with van der Waals surface area (Å²) in [6, 6.07) is 5.09. The van der Waals surface area contributed by atoms with Crippen LogP contribution in [0.4, 0.5) is 11.4 Å². The minimum atomic E-state index is -0.0245. The lowest BCUT2D eigenvalue weighted by molar-refractivity contribution is -0.117. The molecule has 0 saturated carbocycles. The molecular weight excluding hydrogens is 290 g/mol. The normalized spacial score (nSPS) is 23.0. The Morgan fingerprint density at radius 1 is 1.43 bits per heavy atom. The van der Waals surface area contributed by atoms with Gasteiger partial charge in [-0.05, 0) is 32.0 Å². The Hall–Kier alpha value is -1.30. The first-order valence-electron chi connectivity index (χ1n) is 7.16. The number of anilines is 2. The lowest BCUT2D eigenvalue weighted by Gasteiger charge is -2.35. The summed E-state index contributed by atoms with van der Waals surface area (Å²) in [6.45, 7) is 6.57. The van der Waals surface area contributed by atoms with Crippen molar-refractivity contribution in [1.82, 2.24) is 4.90 Å². The van der Waals surface area contributed by atoms with Gasteiger partial charge in [0.05, 0.1) is 22.9 Å². The number of hydrogen-bond donors (Lipinski definition) is 2. The van der Waals surface area contributed by atoms with E-state index in [1.165, 1.54) is 0 Å². The lowest BCUT2D eigenvalue weighted by Crippen LogP contribution is -2.46. The average Bonchev–Trinajstić information content (AvgIpc) is 2.40. The first kappa shape index (κ1) is 16.1. The Morgan fingerprint density at radius 3 is 2.71 bits per heavy atom. The van der Waals surface area contributed by atoms with E-state index >= 15 is 0 Å². The molecule has 0 aliphatic carbocycles. The van der Waals surface area contributed by atoms with Crippen LogP contribution in [0.2, 0.25) is 5.02 Å². The van der Waals surface area contributed by atoms with Crippen LogP contribution in [0.15, 0.2) is 18.2 Å². The van der Waals surface area contributed by atoms with Gasteiger partial charge in [-0.1, -0.05) is 11.6 Å². The molecule has 0 aromatic heterocycles. The molecule has 1 amide bonds. The third-order valence-electron chi connectivity index (χ3n) is 3.43. The van der Waals surface area contributed by atoms with E-state index < -0.39 is 0 Å². The van der Waals surface area contributed by atoms with Crippen LogP contribution in [-0.2, 0) is 9.53 Å². The second-order valence-electron chi connectivity index (χ2n) is 5.55. The summed E-state index contributed by atoms with van der Waals surface area (Å²) in [7, 11) is 0. The predicted octanol–water partition coefficient (Wildman–Crippen LogP) is 2.36. The topological polar surface area (TPSA) is 67.6 Å². The van der Waals surface area contributed by atoms with Gasteiger partial charge in [0.15, 0.2) is 0 Å². The molecule has 0 bridgehead atoms. The third-order valence-corrected chi connectivity index (χ3v) is 3.77. The maximum absolute atomic E-state index is 12.0. The van der Waals surface area contributed by atoms with E-state index in [-0.39, 0.29) is 18.1 Å². The van der Waals surface area contributed by atoms with Gasteiger partial charge in [0.2, 0.25) is 5.91 Å². The number of nitrogen functional groups attached to an aromatic ring is 1. The molecule has 1 heterocycles. The fourth-order valence-corrected chi connectivity index (χ4v) is 2.69. The molecule has 0 unspecified atom stereocenters. The fourth-order valence-electron chi connectivity index (χ4n) is 2.57. The SMILES string of the molecule is C[C@@H]1CN(CCC(=O)Nc2ccc(Cl)c(N)c2)C[C@H](C)O1. The molecule has 1 aromatic carbocycles. The number of benzene rings is 1. The maximum atomic E-state index is 12.0. The van der Waals surface area contributed by atoms with Crippen molar-refractivity contribution in [3.05, 3.63) is 23.2 Å². The van der Waals surface area contributed by atoms with E-state index in [0.29, 0.717) is 22.8 Å². The second-order valence-corrected chi connectivity index (χ2v) is 5.96. The highest BCUT2D eigenvalue weighted by atomic mass is 35.5. The lowest BCUT2D eigenvalue weighted by atomic mass is 10.2. The summed E-state index contributed by atoms with van der Waals surface area (Å²) >= 11 is 5.85. The van der Waals surface area contributed by atoms with Crippen LogP contribution < -0.4 is 11.1 Å². The van der Waals surface area contributed by atoms with Crippen molar-refractivity contribution in [2.24, 2.45) is 0 Å². The monoisotopic (exact) mass is 311 g/mol. The number of hydrogen-bond acceptors (Lipinski definition) is 4. The van der Waals surface area contributed by atoms with Crippen LogP contribution in [0, 0.1) is 0 Å². The molecule has 6 heteroatoms. The fraction of sp³-hybridized carbons (Fsp3) is 0.533. The number of rotatable bonds is 4. The summed E-state index contributed by atoms with van der Waals surface area (Å²) < 4.78 is 5.67. The molecule has 1 aromatic rings. The van der Waals surface area contributed by atoms with E-state index in [1.807, 2.05) is 0 Å². The van der Waals surface area contributed by atoms with E-state index in [4.69, 9.17) is 22.1 Å². The number of nitrogens with two attached hydrogens (primary N) is 1. The molecule has 1 aliphatic heterocycles. The maximum Gasteiger partial charge on any atom is 0.225 e. The molecule has 116 valence electrons. The quantitative estimate of drug-likeness (QED) is 0.838. The van der Waals surface area contributed by atoms with E-state index in [1.54, 1.807) is 18.2 Å². The van der Waals surface area contributed by atoms with Gasteiger partial charge >= 0.3 is 0 Å². The van der Waals surface area contributed by atoms with Gasteiger partial charge in [-0.15, -0.1) is 0 Å². The zero-order valence-corrected chi connectivity index (χ0v) is 13.2. The zero-order valence-electron chi connectivity index (χ0n) is 12.4. The molecular formula is C15H22ClN3O2. The van der Waals surface area contributed by atoms with Crippen LogP contribution in [0.5, 0.6) is 0 Å². The Morgan fingerprint density at radius 2 is 2.10 bits per heavy atom. The molecule has 0 spiro atoms. The van der Waals surface area contributed by atoms with Gasteiger partial charge in [0.1, 0.15) is 0 Å². The Bertz CT molecular complexity index is 500. The summed E-state index contributed by atoms with van der Waals surface area (Å²) in [5, 5.41) is 3.33. The largest absolute Gasteiger partial charge is 0.397 e. The van der Waals surface area contributed by atoms with Crippen LogP contribution >= 0.6 is 11.6 Å². The number of ether oxygens (including phenoxy) is 1. The highest BCUT2D eigenvalue weighted by molar-refractivity contribution is 6.33. The number of nitrogens with one attached hydrogen (secondary N) is 1. The van der Waals surface area contributed by atoms with Gasteiger partial charge in [-0.3, -0.25) is 9.69 Å². The summed E-state index contributed by atoms with van der Waals surface area (Å²) in [5.74, 6) is -0.0245. The third kappa shape index (κ3) is 4.88. The molecule has 21 heavy (non-hydrogen) atoms. The number of carbonyl (C=O) groups is 1.